The van der Waals surface area contributed by atoms with Crippen molar-refractivity contribution in [2.24, 2.45) is 0 Å². The van der Waals surface area contributed by atoms with Crippen molar-refractivity contribution in [2.45, 2.75) is 13.0 Å². The number of nitrogens with one attached hydrogen (secondary N) is 1. The third-order valence-electron chi connectivity index (χ3n) is 2.56. The molecule has 0 fully saturated rings. The predicted octanol–water partition coefficient (Wildman–Crippen LogP) is 5.03. The smallest absolute Gasteiger partial charge is 0.263 e. The van der Waals surface area contributed by atoms with Gasteiger partial charge in [0.25, 0.3) is 6.43 Å². The Morgan fingerprint density at radius 2 is 1.89 bits per heavy atom. The maximum atomic E-state index is 13.1. The third-order valence-corrected chi connectivity index (χ3v) is 2.78. The zero-order valence-corrected chi connectivity index (χ0v) is 10.6. The number of halogens is 4. The van der Waals surface area contributed by atoms with Crippen LogP contribution in [0.3, 0.4) is 0 Å². The molecule has 2 aromatic carbocycles. The first-order valence-corrected chi connectivity index (χ1v) is 5.99. The van der Waals surface area contributed by atoms with Crippen molar-refractivity contribution >= 4 is 17.3 Å². The Balaban J connectivity index is 2.07. The second kappa shape index (κ2) is 5.97. The number of alkyl halides is 2. The number of benzene rings is 2. The van der Waals surface area contributed by atoms with Gasteiger partial charge in [0.2, 0.25) is 0 Å². The summed E-state index contributed by atoms with van der Waals surface area (Å²) in [6.07, 6.45) is -2.50. The highest BCUT2D eigenvalue weighted by atomic mass is 35.5. The predicted molar refractivity (Wildman–Crippen MR) is 70.1 cm³/mol. The molecule has 0 saturated heterocycles. The van der Waals surface area contributed by atoms with E-state index in [4.69, 9.17) is 11.6 Å². The maximum Gasteiger partial charge on any atom is 0.263 e. The average Bonchev–Trinajstić information content (AvgIpc) is 2.35. The van der Waals surface area contributed by atoms with Crippen molar-refractivity contribution < 1.29 is 13.2 Å². The summed E-state index contributed by atoms with van der Waals surface area (Å²) < 4.78 is 38.2. The molecule has 0 aliphatic carbocycles. The first-order chi connectivity index (χ1) is 9.04. The van der Waals surface area contributed by atoms with E-state index in [9.17, 15) is 13.2 Å². The Morgan fingerprint density at radius 1 is 1.11 bits per heavy atom. The Kier molecular flexibility index (Phi) is 4.32. The summed E-state index contributed by atoms with van der Waals surface area (Å²) in [7, 11) is 0. The molecule has 0 spiro atoms. The highest BCUT2D eigenvalue weighted by molar-refractivity contribution is 6.30. The SMILES string of the molecule is Fc1cc(Cl)cc(NCc2cccc(C(F)F)c2)c1. The number of rotatable bonds is 4. The molecule has 2 aromatic rings. The lowest BCUT2D eigenvalue weighted by molar-refractivity contribution is 0.151. The standard InChI is InChI=1S/C14H11ClF3N/c15-11-5-12(16)7-13(6-11)19-8-9-2-1-3-10(4-9)14(17)18/h1-7,14,19H,8H2. The number of hydrogen-bond donors (Lipinski definition) is 1. The summed E-state index contributed by atoms with van der Waals surface area (Å²) in [5.74, 6) is -0.448. The van der Waals surface area contributed by atoms with Crippen LogP contribution in [-0.4, -0.2) is 0 Å². The molecule has 0 heterocycles. The Labute approximate surface area is 114 Å². The fourth-order valence-electron chi connectivity index (χ4n) is 1.70. The van der Waals surface area contributed by atoms with Crippen LogP contribution in [0.2, 0.25) is 5.02 Å². The molecule has 100 valence electrons. The molecular formula is C14H11ClF3N. The summed E-state index contributed by atoms with van der Waals surface area (Å²) in [6, 6.07) is 10.1. The molecule has 0 radical (unpaired) electrons. The quantitative estimate of drug-likeness (QED) is 0.831. The van der Waals surface area contributed by atoms with Gasteiger partial charge in [-0.1, -0.05) is 29.8 Å². The second-order valence-corrected chi connectivity index (χ2v) is 4.49. The van der Waals surface area contributed by atoms with Crippen LogP contribution in [0.4, 0.5) is 18.9 Å². The molecule has 0 aliphatic heterocycles. The first-order valence-electron chi connectivity index (χ1n) is 5.61. The summed E-state index contributed by atoms with van der Waals surface area (Å²) in [4.78, 5) is 0. The van der Waals surface area contributed by atoms with Crippen molar-refractivity contribution in [3.8, 4) is 0 Å². The first kappa shape index (κ1) is 13.7. The molecule has 0 unspecified atom stereocenters. The lowest BCUT2D eigenvalue weighted by Crippen LogP contribution is -2.00. The van der Waals surface area contributed by atoms with Gasteiger partial charge >= 0.3 is 0 Å². The van der Waals surface area contributed by atoms with Gasteiger partial charge in [0.05, 0.1) is 0 Å². The molecule has 0 amide bonds. The zero-order valence-electron chi connectivity index (χ0n) is 9.84. The molecule has 2 rings (SSSR count). The number of anilines is 1. The van der Waals surface area contributed by atoms with E-state index in [2.05, 4.69) is 5.32 Å². The molecular weight excluding hydrogens is 275 g/mol. The van der Waals surface area contributed by atoms with Crippen LogP contribution in [0.25, 0.3) is 0 Å². The van der Waals surface area contributed by atoms with Crippen molar-refractivity contribution in [3.05, 3.63) is 64.4 Å². The van der Waals surface area contributed by atoms with Crippen LogP contribution < -0.4 is 5.32 Å². The lowest BCUT2D eigenvalue weighted by atomic mass is 10.1. The molecule has 0 atom stereocenters. The molecule has 0 bridgehead atoms. The molecule has 1 N–H and O–H groups in total. The van der Waals surface area contributed by atoms with Gasteiger partial charge in [-0.2, -0.15) is 0 Å². The van der Waals surface area contributed by atoms with Crippen molar-refractivity contribution in [1.29, 1.82) is 0 Å². The van der Waals surface area contributed by atoms with Crippen LogP contribution in [0.5, 0.6) is 0 Å². The van der Waals surface area contributed by atoms with E-state index in [0.29, 0.717) is 17.8 Å². The van der Waals surface area contributed by atoms with Crippen LogP contribution in [0, 0.1) is 5.82 Å². The molecule has 1 nitrogen and oxygen atoms in total. The molecule has 19 heavy (non-hydrogen) atoms. The third kappa shape index (κ3) is 3.89. The summed E-state index contributed by atoms with van der Waals surface area (Å²) in [6.45, 7) is 0.320. The highest BCUT2D eigenvalue weighted by Gasteiger charge is 2.07. The average molecular weight is 286 g/mol. The van der Waals surface area contributed by atoms with E-state index in [0.717, 1.165) is 0 Å². The van der Waals surface area contributed by atoms with E-state index >= 15 is 0 Å². The number of hydrogen-bond acceptors (Lipinski definition) is 1. The Hall–Kier alpha value is -1.68. The maximum absolute atomic E-state index is 13.1. The molecule has 5 heteroatoms. The zero-order chi connectivity index (χ0) is 13.8. The van der Waals surface area contributed by atoms with Crippen molar-refractivity contribution in [2.75, 3.05) is 5.32 Å². The lowest BCUT2D eigenvalue weighted by Gasteiger charge is -2.08. The topological polar surface area (TPSA) is 12.0 Å². The van der Waals surface area contributed by atoms with Crippen LogP contribution in [0.1, 0.15) is 17.6 Å². The highest BCUT2D eigenvalue weighted by Crippen LogP contribution is 2.21. The molecule has 0 aliphatic rings. The second-order valence-electron chi connectivity index (χ2n) is 4.06. The van der Waals surface area contributed by atoms with E-state index in [1.54, 1.807) is 18.2 Å². The summed E-state index contributed by atoms with van der Waals surface area (Å²) >= 11 is 5.72. The van der Waals surface area contributed by atoms with E-state index < -0.39 is 12.2 Å². The van der Waals surface area contributed by atoms with Gasteiger partial charge in [-0.15, -0.1) is 0 Å². The monoisotopic (exact) mass is 285 g/mol. The minimum Gasteiger partial charge on any atom is -0.381 e. The fourth-order valence-corrected chi connectivity index (χ4v) is 1.92. The summed E-state index contributed by atoms with van der Waals surface area (Å²) in [5.41, 5.74) is 1.17. The van der Waals surface area contributed by atoms with E-state index in [1.807, 2.05) is 0 Å². The molecule has 0 saturated carbocycles. The van der Waals surface area contributed by atoms with E-state index in [-0.39, 0.29) is 10.6 Å². The Bertz CT molecular complexity index is 552. The largest absolute Gasteiger partial charge is 0.381 e. The van der Waals surface area contributed by atoms with Gasteiger partial charge in [-0.25, -0.2) is 13.2 Å². The Morgan fingerprint density at radius 3 is 2.58 bits per heavy atom. The minimum absolute atomic E-state index is 0.0309. The van der Waals surface area contributed by atoms with Crippen LogP contribution in [0.15, 0.2) is 42.5 Å². The van der Waals surface area contributed by atoms with E-state index in [1.165, 1.54) is 24.3 Å². The van der Waals surface area contributed by atoms with Gasteiger partial charge in [0.15, 0.2) is 0 Å². The van der Waals surface area contributed by atoms with Gasteiger partial charge in [0, 0.05) is 22.8 Å². The summed E-state index contributed by atoms with van der Waals surface area (Å²) in [5, 5.41) is 3.22. The van der Waals surface area contributed by atoms with Gasteiger partial charge in [-0.3, -0.25) is 0 Å². The minimum atomic E-state index is -2.50. The van der Waals surface area contributed by atoms with Crippen molar-refractivity contribution in [1.82, 2.24) is 0 Å². The fraction of sp³-hybridized carbons (Fsp3) is 0.143. The van der Waals surface area contributed by atoms with Gasteiger partial charge < -0.3 is 5.32 Å². The van der Waals surface area contributed by atoms with Crippen molar-refractivity contribution in [3.63, 3.8) is 0 Å². The van der Waals surface area contributed by atoms with Crippen LogP contribution >= 0.6 is 11.6 Å². The molecule has 0 aromatic heterocycles. The van der Waals surface area contributed by atoms with Gasteiger partial charge in [-0.05, 0) is 29.8 Å². The van der Waals surface area contributed by atoms with Gasteiger partial charge in [0.1, 0.15) is 5.82 Å². The van der Waals surface area contributed by atoms with Crippen LogP contribution in [-0.2, 0) is 6.54 Å². The normalized spacial score (nSPS) is 10.8.